The van der Waals surface area contributed by atoms with E-state index in [0.717, 1.165) is 42.8 Å². The van der Waals surface area contributed by atoms with Crippen LogP contribution in [0, 0.1) is 13.8 Å². The van der Waals surface area contributed by atoms with E-state index >= 15 is 0 Å². The molecule has 0 aliphatic carbocycles. The van der Waals surface area contributed by atoms with E-state index in [1.807, 2.05) is 19.2 Å². The quantitative estimate of drug-likeness (QED) is 0.871. The number of nitrogens with one attached hydrogen (secondary N) is 1. The summed E-state index contributed by atoms with van der Waals surface area (Å²) in [6.07, 6.45) is 1.89. The van der Waals surface area contributed by atoms with Crippen molar-refractivity contribution < 1.29 is 4.79 Å². The van der Waals surface area contributed by atoms with Crippen LogP contribution in [0.4, 0.5) is 0 Å². The van der Waals surface area contributed by atoms with Gasteiger partial charge < -0.3 is 4.90 Å². The van der Waals surface area contributed by atoms with Gasteiger partial charge in [0.05, 0.1) is 5.56 Å². The predicted molar refractivity (Wildman–Crippen MR) is 84.6 cm³/mol. The summed E-state index contributed by atoms with van der Waals surface area (Å²) in [5.74, 6) is -0.0920. The Bertz CT molecular complexity index is 509. The van der Waals surface area contributed by atoms with E-state index in [1.54, 1.807) is 11.3 Å². The summed E-state index contributed by atoms with van der Waals surface area (Å²) < 4.78 is 0. The van der Waals surface area contributed by atoms with Crippen LogP contribution in [-0.2, 0) is 0 Å². The minimum Gasteiger partial charge on any atom is -0.300 e. The molecule has 1 saturated heterocycles. The van der Waals surface area contributed by atoms with Gasteiger partial charge in [-0.2, -0.15) is 5.10 Å². The minimum atomic E-state index is -0.0920. The molecule has 2 heterocycles. The molecule has 1 fully saturated rings. The van der Waals surface area contributed by atoms with Gasteiger partial charge in [0.2, 0.25) is 0 Å². The van der Waals surface area contributed by atoms with Gasteiger partial charge in [0, 0.05) is 47.9 Å². The van der Waals surface area contributed by atoms with Crippen molar-refractivity contribution in [1.82, 2.24) is 10.3 Å². The summed E-state index contributed by atoms with van der Waals surface area (Å²) in [6, 6.07) is 0.586. The second kappa shape index (κ2) is 6.50. The lowest BCUT2D eigenvalue weighted by Crippen LogP contribution is -2.39. The number of thiophene rings is 1. The first-order chi connectivity index (χ1) is 9.49. The first-order valence-corrected chi connectivity index (χ1v) is 8.01. The lowest BCUT2D eigenvalue weighted by atomic mass is 10.1. The molecule has 2 rings (SSSR count). The third kappa shape index (κ3) is 3.46. The van der Waals surface area contributed by atoms with Crippen LogP contribution in [0.3, 0.4) is 0 Å². The Balaban J connectivity index is 1.91. The summed E-state index contributed by atoms with van der Waals surface area (Å²) in [4.78, 5) is 15.7. The standard InChI is InChI=1S/C15H23N3OS/c1-10(2)18-7-5-13(6-8-18)16-17-15(19)14-9-20-12(4)11(14)3/h9-10H,5-8H2,1-4H3,(H,17,19). The van der Waals surface area contributed by atoms with E-state index in [4.69, 9.17) is 0 Å². The number of carbonyl (C=O) groups is 1. The van der Waals surface area contributed by atoms with Crippen molar-refractivity contribution in [3.63, 3.8) is 0 Å². The normalized spacial score (nSPS) is 16.6. The smallest absolute Gasteiger partial charge is 0.272 e. The third-order valence-corrected chi connectivity index (χ3v) is 4.96. The summed E-state index contributed by atoms with van der Waals surface area (Å²) in [5.41, 5.74) is 5.61. The molecule has 1 aliphatic heterocycles. The van der Waals surface area contributed by atoms with E-state index in [2.05, 4.69) is 29.3 Å². The van der Waals surface area contributed by atoms with Crippen LogP contribution >= 0.6 is 11.3 Å². The molecule has 0 saturated carbocycles. The van der Waals surface area contributed by atoms with Gasteiger partial charge >= 0.3 is 0 Å². The molecule has 1 amide bonds. The number of rotatable bonds is 3. The highest BCUT2D eigenvalue weighted by Gasteiger charge is 2.18. The van der Waals surface area contributed by atoms with Crippen LogP contribution in [0.2, 0.25) is 0 Å². The van der Waals surface area contributed by atoms with Crippen molar-refractivity contribution in [3.05, 3.63) is 21.4 Å². The van der Waals surface area contributed by atoms with Gasteiger partial charge in [0.1, 0.15) is 0 Å². The number of amides is 1. The van der Waals surface area contributed by atoms with E-state index in [-0.39, 0.29) is 5.91 Å². The molecule has 1 N–H and O–H groups in total. The fourth-order valence-electron chi connectivity index (χ4n) is 2.34. The van der Waals surface area contributed by atoms with Crippen LogP contribution in [0.5, 0.6) is 0 Å². The van der Waals surface area contributed by atoms with E-state index in [1.165, 1.54) is 4.88 Å². The van der Waals surface area contributed by atoms with Crippen molar-refractivity contribution in [2.45, 2.75) is 46.6 Å². The molecule has 0 unspecified atom stereocenters. The summed E-state index contributed by atoms with van der Waals surface area (Å²) in [6.45, 7) is 10.5. The van der Waals surface area contributed by atoms with Gasteiger partial charge in [0.15, 0.2) is 0 Å². The van der Waals surface area contributed by atoms with Crippen LogP contribution in [0.15, 0.2) is 10.5 Å². The highest BCUT2D eigenvalue weighted by atomic mass is 32.1. The van der Waals surface area contributed by atoms with Gasteiger partial charge in [-0.15, -0.1) is 11.3 Å². The van der Waals surface area contributed by atoms with Gasteiger partial charge in [0.25, 0.3) is 5.91 Å². The van der Waals surface area contributed by atoms with Gasteiger partial charge in [-0.05, 0) is 33.3 Å². The summed E-state index contributed by atoms with van der Waals surface area (Å²) in [5, 5.41) is 6.20. The average molecular weight is 293 g/mol. The maximum Gasteiger partial charge on any atom is 0.272 e. The van der Waals surface area contributed by atoms with E-state index < -0.39 is 0 Å². The first kappa shape index (κ1) is 15.2. The van der Waals surface area contributed by atoms with Gasteiger partial charge in [-0.1, -0.05) is 0 Å². The summed E-state index contributed by atoms with van der Waals surface area (Å²) in [7, 11) is 0. The number of hydrogen-bond acceptors (Lipinski definition) is 4. The molecule has 4 nitrogen and oxygen atoms in total. The fourth-order valence-corrected chi connectivity index (χ4v) is 3.20. The number of hydrazone groups is 1. The van der Waals surface area contributed by atoms with Crippen molar-refractivity contribution in [1.29, 1.82) is 0 Å². The van der Waals surface area contributed by atoms with Gasteiger partial charge in [-0.25, -0.2) is 5.43 Å². The fraction of sp³-hybridized carbons (Fsp3) is 0.600. The van der Waals surface area contributed by atoms with Crippen molar-refractivity contribution in [3.8, 4) is 0 Å². The Hall–Kier alpha value is -1.20. The second-order valence-corrected chi connectivity index (χ2v) is 6.66. The average Bonchev–Trinajstić information content (AvgIpc) is 2.77. The molecule has 0 radical (unpaired) electrons. The molecule has 1 aliphatic rings. The first-order valence-electron chi connectivity index (χ1n) is 7.13. The Morgan fingerprint density at radius 2 is 2.00 bits per heavy atom. The van der Waals surface area contributed by atoms with Crippen molar-refractivity contribution in [2.24, 2.45) is 5.10 Å². The Kier molecular flexibility index (Phi) is 4.94. The molecule has 110 valence electrons. The predicted octanol–water partition coefficient (Wildman–Crippen LogP) is 2.95. The molecule has 5 heteroatoms. The van der Waals surface area contributed by atoms with Crippen LogP contribution in [0.25, 0.3) is 0 Å². The maximum atomic E-state index is 12.1. The highest BCUT2D eigenvalue weighted by molar-refractivity contribution is 7.10. The van der Waals surface area contributed by atoms with Crippen molar-refractivity contribution >= 4 is 23.0 Å². The number of piperidine rings is 1. The topological polar surface area (TPSA) is 44.7 Å². The SMILES string of the molecule is Cc1scc(C(=O)NN=C2CCN(C(C)C)CC2)c1C. The number of carbonyl (C=O) groups excluding carboxylic acids is 1. The number of hydrogen-bond donors (Lipinski definition) is 1. The monoisotopic (exact) mass is 293 g/mol. The Labute approximate surface area is 124 Å². The third-order valence-electron chi connectivity index (χ3n) is 3.95. The largest absolute Gasteiger partial charge is 0.300 e. The number of aryl methyl sites for hydroxylation is 1. The molecule has 0 bridgehead atoms. The highest BCUT2D eigenvalue weighted by Crippen LogP contribution is 2.20. The van der Waals surface area contributed by atoms with Crippen LogP contribution in [0.1, 0.15) is 47.5 Å². The van der Waals surface area contributed by atoms with Crippen molar-refractivity contribution in [2.75, 3.05) is 13.1 Å². The number of nitrogens with zero attached hydrogens (tertiary/aromatic N) is 2. The van der Waals surface area contributed by atoms with E-state index in [0.29, 0.717) is 6.04 Å². The molecule has 1 aromatic heterocycles. The molecule has 1 aromatic rings. The molecule has 0 spiro atoms. The molecular formula is C15H23N3OS. The Morgan fingerprint density at radius 1 is 1.35 bits per heavy atom. The zero-order valence-corrected chi connectivity index (χ0v) is 13.5. The lowest BCUT2D eigenvalue weighted by Gasteiger charge is -2.30. The molecular weight excluding hydrogens is 270 g/mol. The maximum absolute atomic E-state index is 12.1. The zero-order valence-electron chi connectivity index (χ0n) is 12.7. The molecule has 0 atom stereocenters. The molecule has 20 heavy (non-hydrogen) atoms. The van der Waals surface area contributed by atoms with Crippen LogP contribution < -0.4 is 5.43 Å². The zero-order chi connectivity index (χ0) is 14.7. The Morgan fingerprint density at radius 3 is 2.50 bits per heavy atom. The summed E-state index contributed by atoms with van der Waals surface area (Å²) >= 11 is 1.61. The van der Waals surface area contributed by atoms with E-state index in [9.17, 15) is 4.79 Å². The van der Waals surface area contributed by atoms with Gasteiger partial charge in [-0.3, -0.25) is 4.79 Å². The minimum absolute atomic E-state index is 0.0920. The second-order valence-electron chi connectivity index (χ2n) is 5.58. The molecule has 0 aromatic carbocycles. The number of likely N-dealkylation sites (tertiary alicyclic amines) is 1. The van der Waals surface area contributed by atoms with Crippen LogP contribution in [-0.4, -0.2) is 35.7 Å². The lowest BCUT2D eigenvalue weighted by molar-refractivity contribution is 0.0954.